The Morgan fingerprint density at radius 2 is 1.89 bits per heavy atom. The summed E-state index contributed by atoms with van der Waals surface area (Å²) in [4.78, 5) is 11.1. The van der Waals surface area contributed by atoms with Crippen LogP contribution >= 0.6 is 31.9 Å². The lowest BCUT2D eigenvalue weighted by Gasteiger charge is -2.09. The predicted octanol–water partition coefficient (Wildman–Crippen LogP) is 4.84. The van der Waals surface area contributed by atoms with Gasteiger partial charge >= 0.3 is 5.97 Å². The van der Waals surface area contributed by atoms with Crippen LogP contribution < -0.4 is 4.74 Å². The largest absolute Gasteiger partial charge is 0.478 e. The fourth-order valence-electron chi connectivity index (χ4n) is 1.43. The molecule has 0 aliphatic rings. The van der Waals surface area contributed by atoms with Crippen LogP contribution in [-0.4, -0.2) is 11.1 Å². The summed E-state index contributed by atoms with van der Waals surface area (Å²) < 4.78 is 19.7. The number of rotatable bonds is 3. The number of benzene rings is 2. The van der Waals surface area contributed by atoms with Crippen LogP contribution in [0.1, 0.15) is 10.4 Å². The van der Waals surface area contributed by atoms with E-state index in [0.29, 0.717) is 8.95 Å². The highest BCUT2D eigenvalue weighted by molar-refractivity contribution is 9.10. The summed E-state index contributed by atoms with van der Waals surface area (Å²) in [5.41, 5.74) is -0.00213. The van der Waals surface area contributed by atoms with Crippen molar-refractivity contribution in [1.82, 2.24) is 0 Å². The predicted molar refractivity (Wildman–Crippen MR) is 75.3 cm³/mol. The highest BCUT2D eigenvalue weighted by Gasteiger charge is 2.13. The van der Waals surface area contributed by atoms with Crippen molar-refractivity contribution in [2.45, 2.75) is 0 Å². The zero-order valence-corrected chi connectivity index (χ0v) is 12.5. The van der Waals surface area contributed by atoms with E-state index in [1.807, 2.05) is 0 Å². The van der Waals surface area contributed by atoms with Crippen LogP contribution in [0.15, 0.2) is 45.3 Å². The summed E-state index contributed by atoms with van der Waals surface area (Å²) in [6.45, 7) is 0. The van der Waals surface area contributed by atoms with Crippen LogP contribution in [0.2, 0.25) is 0 Å². The summed E-state index contributed by atoms with van der Waals surface area (Å²) in [7, 11) is 0. The van der Waals surface area contributed by atoms with Gasteiger partial charge in [-0.25, -0.2) is 9.18 Å². The van der Waals surface area contributed by atoms with Crippen molar-refractivity contribution < 1.29 is 19.0 Å². The molecule has 0 saturated carbocycles. The minimum Gasteiger partial charge on any atom is -0.478 e. The Bertz CT molecular complexity index is 644. The molecule has 0 atom stereocenters. The molecule has 0 spiro atoms. The molecule has 0 radical (unpaired) electrons. The highest BCUT2D eigenvalue weighted by atomic mass is 79.9. The van der Waals surface area contributed by atoms with Crippen molar-refractivity contribution in [2.24, 2.45) is 0 Å². The molecule has 2 aromatic carbocycles. The minimum atomic E-state index is -1.12. The normalized spacial score (nSPS) is 10.3. The van der Waals surface area contributed by atoms with Gasteiger partial charge in [0.05, 0.1) is 4.47 Å². The zero-order valence-electron chi connectivity index (χ0n) is 9.36. The van der Waals surface area contributed by atoms with E-state index in [2.05, 4.69) is 31.9 Å². The molecule has 98 valence electrons. The van der Waals surface area contributed by atoms with Crippen LogP contribution in [0, 0.1) is 5.82 Å². The van der Waals surface area contributed by atoms with Crippen LogP contribution in [-0.2, 0) is 0 Å². The molecule has 1 N–H and O–H groups in total. The Morgan fingerprint density at radius 1 is 1.16 bits per heavy atom. The second-order valence-corrected chi connectivity index (χ2v) is 5.39. The first-order valence-electron chi connectivity index (χ1n) is 5.13. The fourth-order valence-corrected chi connectivity index (χ4v) is 2.03. The van der Waals surface area contributed by atoms with Gasteiger partial charge in [-0.15, -0.1) is 0 Å². The number of ether oxygens (including phenoxy) is 1. The topological polar surface area (TPSA) is 46.5 Å². The van der Waals surface area contributed by atoms with Gasteiger partial charge in [0, 0.05) is 10.5 Å². The first-order valence-corrected chi connectivity index (χ1v) is 6.71. The van der Waals surface area contributed by atoms with Crippen LogP contribution in [0.3, 0.4) is 0 Å². The number of carboxylic acid groups (broad SMARTS) is 1. The summed E-state index contributed by atoms with van der Waals surface area (Å²) in [5, 5.41) is 9.08. The average Bonchev–Trinajstić information content (AvgIpc) is 2.36. The van der Waals surface area contributed by atoms with Crippen LogP contribution in [0.4, 0.5) is 4.39 Å². The Labute approximate surface area is 125 Å². The lowest BCUT2D eigenvalue weighted by Crippen LogP contribution is -2.00. The third-order valence-corrected chi connectivity index (χ3v) is 3.43. The van der Waals surface area contributed by atoms with E-state index in [4.69, 9.17) is 9.84 Å². The Morgan fingerprint density at radius 3 is 2.53 bits per heavy atom. The smallest absolute Gasteiger partial charge is 0.339 e. The van der Waals surface area contributed by atoms with E-state index in [9.17, 15) is 9.18 Å². The molecule has 6 heteroatoms. The maximum absolute atomic E-state index is 13.4. The molecule has 0 aliphatic carbocycles. The monoisotopic (exact) mass is 388 g/mol. The molecule has 0 bridgehead atoms. The number of carbonyl (C=O) groups is 1. The Kier molecular flexibility index (Phi) is 4.21. The van der Waals surface area contributed by atoms with Crippen molar-refractivity contribution in [3.8, 4) is 11.5 Å². The van der Waals surface area contributed by atoms with E-state index < -0.39 is 11.8 Å². The van der Waals surface area contributed by atoms with Crippen LogP contribution in [0.25, 0.3) is 0 Å². The molecular formula is C13H7Br2FO3. The lowest BCUT2D eigenvalue weighted by molar-refractivity contribution is 0.0694. The van der Waals surface area contributed by atoms with E-state index in [0.717, 1.165) is 0 Å². The first-order chi connectivity index (χ1) is 8.97. The maximum Gasteiger partial charge on any atom is 0.339 e. The number of halogens is 3. The molecule has 0 unspecified atom stereocenters. The van der Waals surface area contributed by atoms with Gasteiger partial charge in [-0.2, -0.15) is 0 Å². The van der Waals surface area contributed by atoms with Crippen molar-refractivity contribution in [2.75, 3.05) is 0 Å². The molecule has 0 aromatic heterocycles. The molecule has 3 nitrogen and oxygen atoms in total. The third kappa shape index (κ3) is 3.33. The highest BCUT2D eigenvalue weighted by Crippen LogP contribution is 2.30. The van der Waals surface area contributed by atoms with E-state index in [1.54, 1.807) is 12.1 Å². The summed E-state index contributed by atoms with van der Waals surface area (Å²) in [5.74, 6) is -1.22. The second kappa shape index (κ2) is 5.71. The molecular weight excluding hydrogens is 383 g/mol. The van der Waals surface area contributed by atoms with E-state index >= 15 is 0 Å². The number of hydrogen-bond donors (Lipinski definition) is 1. The molecule has 0 aliphatic heterocycles. The van der Waals surface area contributed by atoms with Crippen molar-refractivity contribution in [3.63, 3.8) is 0 Å². The molecule has 0 fully saturated rings. The number of carboxylic acids is 1. The van der Waals surface area contributed by atoms with Crippen molar-refractivity contribution >= 4 is 37.8 Å². The third-order valence-electron chi connectivity index (χ3n) is 2.29. The zero-order chi connectivity index (χ0) is 14.0. The van der Waals surface area contributed by atoms with Gasteiger partial charge in [-0.05, 0) is 46.3 Å². The SMILES string of the molecule is O=C(O)c1cc(Br)ccc1Oc1ccc(Br)c(F)c1. The Balaban J connectivity index is 2.37. The Hall–Kier alpha value is -1.40. The van der Waals surface area contributed by atoms with E-state index in [-0.39, 0.29) is 17.1 Å². The fraction of sp³-hybridized carbons (Fsp3) is 0. The second-order valence-electron chi connectivity index (χ2n) is 3.62. The summed E-state index contributed by atoms with van der Waals surface area (Å²) in [6.07, 6.45) is 0. The van der Waals surface area contributed by atoms with E-state index in [1.165, 1.54) is 24.3 Å². The van der Waals surface area contributed by atoms with Crippen LogP contribution in [0.5, 0.6) is 11.5 Å². The minimum absolute atomic E-state index is 0.00213. The molecule has 0 heterocycles. The average molecular weight is 390 g/mol. The molecule has 19 heavy (non-hydrogen) atoms. The quantitative estimate of drug-likeness (QED) is 0.816. The summed E-state index contributed by atoms with van der Waals surface area (Å²) >= 11 is 6.22. The van der Waals surface area contributed by atoms with Crippen molar-refractivity contribution in [1.29, 1.82) is 0 Å². The van der Waals surface area contributed by atoms with Gasteiger partial charge < -0.3 is 9.84 Å². The number of aromatic carboxylic acids is 1. The molecule has 0 amide bonds. The van der Waals surface area contributed by atoms with Crippen molar-refractivity contribution in [3.05, 3.63) is 56.7 Å². The molecule has 2 rings (SSSR count). The first kappa shape index (κ1) is 14.0. The van der Waals surface area contributed by atoms with Gasteiger partial charge in [0.1, 0.15) is 22.9 Å². The van der Waals surface area contributed by atoms with Gasteiger partial charge in [0.2, 0.25) is 0 Å². The lowest BCUT2D eigenvalue weighted by atomic mass is 10.2. The standard InChI is InChI=1S/C13H7Br2FO3/c14-7-1-4-12(9(5-7)13(17)18)19-8-2-3-10(15)11(16)6-8/h1-6H,(H,17,18). The molecule has 2 aromatic rings. The van der Waals surface area contributed by atoms with Gasteiger partial charge in [0.25, 0.3) is 0 Å². The van der Waals surface area contributed by atoms with Gasteiger partial charge in [0.15, 0.2) is 0 Å². The van der Waals surface area contributed by atoms with Gasteiger partial charge in [-0.1, -0.05) is 15.9 Å². The number of hydrogen-bond acceptors (Lipinski definition) is 2. The summed E-state index contributed by atoms with van der Waals surface area (Å²) in [6, 6.07) is 8.79. The molecule has 0 saturated heterocycles. The van der Waals surface area contributed by atoms with Gasteiger partial charge in [-0.3, -0.25) is 0 Å². The maximum atomic E-state index is 13.4.